The predicted molar refractivity (Wildman–Crippen MR) is 83.8 cm³/mol. The Bertz CT molecular complexity index is 663. The molecule has 0 radical (unpaired) electrons. The Labute approximate surface area is 126 Å². The molecule has 1 aliphatic carbocycles. The van der Waals surface area contributed by atoms with Crippen molar-refractivity contribution in [1.82, 2.24) is 9.97 Å². The van der Waals surface area contributed by atoms with E-state index < -0.39 is 0 Å². The van der Waals surface area contributed by atoms with Gasteiger partial charge in [0.25, 0.3) is 0 Å². The van der Waals surface area contributed by atoms with E-state index in [1.807, 2.05) is 12.1 Å². The molecule has 0 aliphatic heterocycles. The monoisotopic (exact) mass is 334 g/mol. The summed E-state index contributed by atoms with van der Waals surface area (Å²) < 4.78 is 1.83. The second-order valence-corrected chi connectivity index (χ2v) is 6.22. The van der Waals surface area contributed by atoms with Gasteiger partial charge in [-0.2, -0.15) is 0 Å². The van der Waals surface area contributed by atoms with Crippen molar-refractivity contribution in [1.29, 1.82) is 0 Å². The molecular weight excluding hydrogens is 320 g/mol. The van der Waals surface area contributed by atoms with Crippen LogP contribution in [0, 0.1) is 4.64 Å². The molecule has 0 fully saturated rings. The van der Waals surface area contributed by atoms with Gasteiger partial charge < -0.3 is 4.98 Å². The highest BCUT2D eigenvalue weighted by molar-refractivity contribution is 9.10. The van der Waals surface area contributed by atoms with Crippen LogP contribution in [-0.4, -0.2) is 9.97 Å². The lowest BCUT2D eigenvalue weighted by atomic mass is 10.1. The van der Waals surface area contributed by atoms with Crippen molar-refractivity contribution in [3.8, 4) is 11.4 Å². The van der Waals surface area contributed by atoms with Gasteiger partial charge in [0.15, 0.2) is 0 Å². The normalized spacial score (nSPS) is 14.8. The summed E-state index contributed by atoms with van der Waals surface area (Å²) in [5, 5.41) is 0. The maximum Gasteiger partial charge on any atom is 0.139 e. The van der Waals surface area contributed by atoms with Crippen LogP contribution >= 0.6 is 28.1 Å². The van der Waals surface area contributed by atoms with Crippen molar-refractivity contribution < 1.29 is 0 Å². The van der Waals surface area contributed by atoms with Crippen LogP contribution in [0.3, 0.4) is 0 Å². The number of nitrogens with one attached hydrogen (secondary N) is 1. The summed E-state index contributed by atoms with van der Waals surface area (Å²) in [6.45, 7) is 0. The third-order valence-corrected chi connectivity index (χ3v) is 4.39. The molecule has 0 bridgehead atoms. The molecule has 0 atom stereocenters. The minimum absolute atomic E-state index is 0.769. The van der Waals surface area contributed by atoms with Gasteiger partial charge >= 0.3 is 0 Å². The Morgan fingerprint density at radius 1 is 1.16 bits per heavy atom. The number of halogens is 1. The topological polar surface area (TPSA) is 28.7 Å². The predicted octanol–water partition coefficient (Wildman–Crippen LogP) is 4.84. The molecule has 0 amide bonds. The van der Waals surface area contributed by atoms with E-state index in [0.29, 0.717) is 0 Å². The fraction of sp³-hybridized carbons (Fsp3) is 0.333. The van der Waals surface area contributed by atoms with Crippen LogP contribution in [0.15, 0.2) is 28.7 Å². The van der Waals surface area contributed by atoms with Gasteiger partial charge in [0.05, 0.1) is 0 Å². The van der Waals surface area contributed by atoms with E-state index in [4.69, 9.17) is 12.2 Å². The average Bonchev–Trinajstić information content (AvgIpc) is 2.64. The number of rotatable bonds is 1. The first kappa shape index (κ1) is 13.0. The summed E-state index contributed by atoms with van der Waals surface area (Å²) >= 11 is 8.97. The first-order valence-corrected chi connectivity index (χ1v) is 7.82. The van der Waals surface area contributed by atoms with Crippen molar-refractivity contribution in [2.24, 2.45) is 0 Å². The van der Waals surface area contributed by atoms with Crippen LogP contribution in [0.5, 0.6) is 0 Å². The van der Waals surface area contributed by atoms with Crippen molar-refractivity contribution in [3.05, 3.63) is 44.6 Å². The van der Waals surface area contributed by atoms with Crippen molar-refractivity contribution in [2.75, 3.05) is 0 Å². The average molecular weight is 335 g/mol. The highest BCUT2D eigenvalue weighted by Crippen LogP contribution is 2.24. The van der Waals surface area contributed by atoms with Gasteiger partial charge in [-0.05, 0) is 37.8 Å². The SMILES string of the molecule is S=c1nc(-c2cccc(Br)c2)[nH]c2c1CCCCC2. The van der Waals surface area contributed by atoms with Gasteiger partial charge in [-0.3, -0.25) is 0 Å². The number of H-pyrrole nitrogens is 1. The molecule has 0 saturated heterocycles. The molecule has 0 spiro atoms. The highest BCUT2D eigenvalue weighted by Gasteiger charge is 2.12. The number of aryl methyl sites for hydroxylation is 1. The number of hydrogen-bond acceptors (Lipinski definition) is 2. The largest absolute Gasteiger partial charge is 0.343 e. The Kier molecular flexibility index (Phi) is 3.80. The lowest BCUT2D eigenvalue weighted by molar-refractivity contribution is 0.708. The summed E-state index contributed by atoms with van der Waals surface area (Å²) in [6.07, 6.45) is 5.89. The zero-order valence-corrected chi connectivity index (χ0v) is 13.0. The van der Waals surface area contributed by atoms with E-state index in [1.165, 1.54) is 30.5 Å². The minimum atomic E-state index is 0.769. The van der Waals surface area contributed by atoms with E-state index in [2.05, 4.69) is 38.0 Å². The summed E-state index contributed by atoms with van der Waals surface area (Å²) in [4.78, 5) is 8.07. The van der Waals surface area contributed by atoms with Crippen molar-refractivity contribution >= 4 is 28.1 Å². The van der Waals surface area contributed by atoms with Gasteiger partial charge in [-0.1, -0.05) is 46.7 Å². The molecule has 1 heterocycles. The summed E-state index contributed by atoms with van der Waals surface area (Å²) in [5.41, 5.74) is 3.62. The van der Waals surface area contributed by atoms with E-state index in [-0.39, 0.29) is 0 Å². The molecular formula is C15H15BrN2S. The number of aromatic amines is 1. The van der Waals surface area contributed by atoms with Crippen molar-refractivity contribution in [2.45, 2.75) is 32.1 Å². The van der Waals surface area contributed by atoms with E-state index >= 15 is 0 Å². The van der Waals surface area contributed by atoms with E-state index in [9.17, 15) is 0 Å². The number of hydrogen-bond donors (Lipinski definition) is 1. The molecule has 1 aliphatic rings. The highest BCUT2D eigenvalue weighted by atomic mass is 79.9. The van der Waals surface area contributed by atoms with E-state index in [0.717, 1.165) is 33.3 Å². The third-order valence-electron chi connectivity index (χ3n) is 3.56. The number of aromatic nitrogens is 2. The van der Waals surface area contributed by atoms with Crippen LogP contribution in [-0.2, 0) is 12.8 Å². The molecule has 1 aromatic heterocycles. The molecule has 1 N–H and O–H groups in total. The van der Waals surface area contributed by atoms with Gasteiger partial charge in [0.2, 0.25) is 0 Å². The zero-order valence-electron chi connectivity index (χ0n) is 10.6. The molecule has 2 nitrogen and oxygen atoms in total. The van der Waals surface area contributed by atoms with Crippen LogP contribution in [0.1, 0.15) is 30.5 Å². The van der Waals surface area contributed by atoms with Crippen LogP contribution in [0.25, 0.3) is 11.4 Å². The summed E-state index contributed by atoms with van der Waals surface area (Å²) in [6, 6.07) is 8.16. The Hall–Kier alpha value is -1.00. The molecule has 0 saturated carbocycles. The van der Waals surface area contributed by atoms with Gasteiger partial charge in [-0.15, -0.1) is 0 Å². The lowest BCUT2D eigenvalue weighted by Crippen LogP contribution is -2.01. The Balaban J connectivity index is 2.11. The van der Waals surface area contributed by atoms with E-state index in [1.54, 1.807) is 0 Å². The second-order valence-electron chi connectivity index (χ2n) is 4.92. The molecule has 0 unspecified atom stereocenters. The Morgan fingerprint density at radius 2 is 2.00 bits per heavy atom. The number of benzene rings is 1. The van der Waals surface area contributed by atoms with Gasteiger partial charge in [0, 0.05) is 21.3 Å². The summed E-state index contributed by atoms with van der Waals surface area (Å²) in [7, 11) is 0. The number of fused-ring (bicyclic) bond motifs is 1. The fourth-order valence-electron chi connectivity index (χ4n) is 2.57. The van der Waals surface area contributed by atoms with Crippen molar-refractivity contribution in [3.63, 3.8) is 0 Å². The van der Waals surface area contributed by atoms with Crippen LogP contribution in [0.2, 0.25) is 0 Å². The molecule has 98 valence electrons. The van der Waals surface area contributed by atoms with Gasteiger partial charge in [0.1, 0.15) is 10.5 Å². The number of nitrogens with zero attached hydrogens (tertiary/aromatic N) is 1. The summed E-state index contributed by atoms with van der Waals surface area (Å²) in [5.74, 6) is 0.881. The zero-order chi connectivity index (χ0) is 13.2. The fourth-order valence-corrected chi connectivity index (χ4v) is 3.28. The first-order chi connectivity index (χ1) is 9.24. The Morgan fingerprint density at radius 3 is 2.84 bits per heavy atom. The third kappa shape index (κ3) is 2.79. The van der Waals surface area contributed by atoms with Crippen LogP contribution < -0.4 is 0 Å². The van der Waals surface area contributed by atoms with Crippen LogP contribution in [0.4, 0.5) is 0 Å². The maximum atomic E-state index is 5.48. The minimum Gasteiger partial charge on any atom is -0.343 e. The molecule has 1 aromatic carbocycles. The van der Waals surface area contributed by atoms with Gasteiger partial charge in [-0.25, -0.2) is 4.98 Å². The first-order valence-electron chi connectivity index (χ1n) is 6.62. The molecule has 3 rings (SSSR count). The lowest BCUT2D eigenvalue weighted by Gasteiger charge is -2.09. The second kappa shape index (κ2) is 5.55. The molecule has 4 heteroatoms. The molecule has 19 heavy (non-hydrogen) atoms. The smallest absolute Gasteiger partial charge is 0.139 e. The standard InChI is InChI=1S/C15H15BrN2S/c16-11-6-4-5-10(9-11)14-17-13-8-3-1-2-7-12(13)15(19)18-14/h4-6,9H,1-3,7-8H2,(H,17,18,19). The molecule has 2 aromatic rings. The maximum absolute atomic E-state index is 5.48. The quantitative estimate of drug-likeness (QED) is 0.597.